The predicted octanol–water partition coefficient (Wildman–Crippen LogP) is -0.111. The van der Waals surface area contributed by atoms with E-state index < -0.39 is 60.2 Å². The van der Waals surface area contributed by atoms with E-state index in [-0.39, 0.29) is 0 Å². The van der Waals surface area contributed by atoms with Crippen molar-refractivity contribution in [3.8, 4) is 0 Å². The average Bonchev–Trinajstić information content (AvgIpc) is 2.78. The number of amides is 1. The maximum atomic E-state index is 13.5. The Morgan fingerprint density at radius 3 is 2.46 bits per heavy atom. The van der Waals surface area contributed by atoms with Gasteiger partial charge in [-0.3, -0.25) is 19.2 Å². The number of aromatic nitrogens is 2. The summed E-state index contributed by atoms with van der Waals surface area (Å²) >= 11 is 0. The van der Waals surface area contributed by atoms with Gasteiger partial charge in [0.15, 0.2) is 0 Å². The minimum Gasteiger partial charge on any atom is -0.444 e. The molecule has 2 heterocycles. The van der Waals surface area contributed by atoms with Crippen LogP contribution in [0.3, 0.4) is 0 Å². The lowest BCUT2D eigenvalue weighted by Crippen LogP contribution is -2.48. The SMILES string of the molecule is CC(C)(C)OC(=O)N1[C@H](CO)[C@@H](C(F)F)[C@@H](O)[C@@H]1n1ccc(=O)[nH]c1=O. The molecule has 11 heteroatoms. The monoisotopic (exact) mass is 377 g/mol. The molecule has 0 spiro atoms. The Kier molecular flexibility index (Phi) is 5.52. The highest BCUT2D eigenvalue weighted by atomic mass is 19.3. The maximum absolute atomic E-state index is 13.5. The van der Waals surface area contributed by atoms with Crippen LogP contribution in [0.2, 0.25) is 0 Å². The van der Waals surface area contributed by atoms with Crippen LogP contribution in [0.25, 0.3) is 0 Å². The second kappa shape index (κ2) is 7.16. The zero-order valence-corrected chi connectivity index (χ0v) is 14.4. The highest BCUT2D eigenvalue weighted by Crippen LogP contribution is 2.40. The summed E-state index contributed by atoms with van der Waals surface area (Å²) in [6, 6.07) is -0.533. The van der Waals surface area contributed by atoms with Gasteiger partial charge < -0.3 is 14.9 Å². The first-order valence-electron chi connectivity index (χ1n) is 7.88. The first-order chi connectivity index (χ1) is 12.0. The number of carbonyl (C=O) groups excluding carboxylic acids is 1. The first kappa shape index (κ1) is 20.0. The molecule has 2 rings (SSSR count). The Labute approximate surface area is 146 Å². The van der Waals surface area contributed by atoms with Gasteiger partial charge in [0.1, 0.15) is 17.9 Å². The summed E-state index contributed by atoms with van der Waals surface area (Å²) in [5.74, 6) is -1.81. The molecule has 0 bridgehead atoms. The standard InChI is InChI=1S/C15H21F2N3O6/c1-15(2,3)26-14(25)20-7(6-21)9(11(16)17)10(23)12(20)19-5-4-8(22)18-13(19)24/h4-5,7,9-12,21,23H,6H2,1-3H3,(H,18,22,24)/t7-,9-,10-,12-/m1/s1. The fraction of sp³-hybridized carbons (Fsp3) is 0.667. The Morgan fingerprint density at radius 1 is 1.38 bits per heavy atom. The van der Waals surface area contributed by atoms with Crippen molar-refractivity contribution < 1.29 is 28.5 Å². The zero-order valence-electron chi connectivity index (χ0n) is 14.4. The molecule has 1 fully saturated rings. The van der Waals surface area contributed by atoms with Crippen LogP contribution in [0.4, 0.5) is 13.6 Å². The molecule has 1 aromatic rings. The molecule has 0 unspecified atom stereocenters. The maximum Gasteiger partial charge on any atom is 0.412 e. The van der Waals surface area contributed by atoms with E-state index in [9.17, 15) is 33.4 Å². The molecule has 0 aliphatic carbocycles. The van der Waals surface area contributed by atoms with Crippen LogP contribution in [0.5, 0.6) is 0 Å². The van der Waals surface area contributed by atoms with Gasteiger partial charge in [0.05, 0.1) is 18.6 Å². The number of aliphatic hydroxyl groups is 2. The molecule has 9 nitrogen and oxygen atoms in total. The molecule has 146 valence electrons. The van der Waals surface area contributed by atoms with Gasteiger partial charge in [-0.05, 0) is 20.8 Å². The van der Waals surface area contributed by atoms with E-state index >= 15 is 0 Å². The number of hydrogen-bond donors (Lipinski definition) is 3. The van der Waals surface area contributed by atoms with Crippen molar-refractivity contribution in [3.05, 3.63) is 33.1 Å². The highest BCUT2D eigenvalue weighted by molar-refractivity contribution is 5.69. The summed E-state index contributed by atoms with van der Waals surface area (Å²) in [6.45, 7) is 3.78. The van der Waals surface area contributed by atoms with Gasteiger partial charge >= 0.3 is 11.8 Å². The molecule has 0 radical (unpaired) electrons. The number of alkyl halides is 2. The highest BCUT2D eigenvalue weighted by Gasteiger charge is 2.55. The summed E-state index contributed by atoms with van der Waals surface area (Å²) in [5, 5.41) is 20.0. The molecule has 4 atom stereocenters. The topological polar surface area (TPSA) is 125 Å². The van der Waals surface area contributed by atoms with Crippen LogP contribution in [-0.2, 0) is 4.74 Å². The van der Waals surface area contributed by atoms with Gasteiger partial charge in [-0.15, -0.1) is 0 Å². The van der Waals surface area contributed by atoms with E-state index in [1.165, 1.54) is 0 Å². The van der Waals surface area contributed by atoms with Crippen LogP contribution < -0.4 is 11.2 Å². The molecule has 0 aromatic carbocycles. The van der Waals surface area contributed by atoms with E-state index in [0.29, 0.717) is 4.90 Å². The lowest BCUT2D eigenvalue weighted by molar-refractivity contribution is -0.0145. The third-order valence-electron chi connectivity index (χ3n) is 4.00. The smallest absolute Gasteiger partial charge is 0.412 e. The zero-order chi connectivity index (χ0) is 19.8. The Morgan fingerprint density at radius 2 is 2.00 bits per heavy atom. The summed E-state index contributed by atoms with van der Waals surface area (Å²) in [6.07, 6.45) is -6.62. The van der Waals surface area contributed by atoms with E-state index in [1.807, 2.05) is 4.98 Å². The van der Waals surface area contributed by atoms with E-state index in [1.54, 1.807) is 20.8 Å². The van der Waals surface area contributed by atoms with Gasteiger partial charge in [-0.1, -0.05) is 0 Å². The van der Waals surface area contributed by atoms with Gasteiger partial charge in [0.25, 0.3) is 5.56 Å². The number of aliphatic hydroxyl groups excluding tert-OH is 2. The molecule has 3 N–H and O–H groups in total. The first-order valence-corrected chi connectivity index (χ1v) is 7.88. The number of carbonyl (C=O) groups is 1. The fourth-order valence-electron chi connectivity index (χ4n) is 2.99. The fourth-order valence-corrected chi connectivity index (χ4v) is 2.99. The Bertz CT molecular complexity index is 772. The van der Waals surface area contributed by atoms with Crippen LogP contribution in [0, 0.1) is 5.92 Å². The molecule has 1 aromatic heterocycles. The van der Waals surface area contributed by atoms with Gasteiger partial charge in [0.2, 0.25) is 6.43 Å². The van der Waals surface area contributed by atoms with Gasteiger partial charge in [0, 0.05) is 12.3 Å². The van der Waals surface area contributed by atoms with Crippen molar-refractivity contribution in [3.63, 3.8) is 0 Å². The van der Waals surface area contributed by atoms with E-state index in [0.717, 1.165) is 16.8 Å². The molecular weight excluding hydrogens is 356 g/mol. The van der Waals surface area contributed by atoms with Crippen LogP contribution in [0.15, 0.2) is 21.9 Å². The molecule has 1 aliphatic rings. The Hall–Kier alpha value is -2.27. The van der Waals surface area contributed by atoms with Gasteiger partial charge in [-0.2, -0.15) is 0 Å². The molecule has 1 amide bonds. The lowest BCUT2D eigenvalue weighted by Gasteiger charge is -2.33. The second-order valence-corrected chi connectivity index (χ2v) is 6.97. The number of nitrogens with one attached hydrogen (secondary N) is 1. The van der Waals surface area contributed by atoms with Gasteiger partial charge in [-0.25, -0.2) is 18.4 Å². The van der Waals surface area contributed by atoms with Crippen LogP contribution in [-0.4, -0.2) is 61.5 Å². The minimum absolute atomic E-state index is 0.715. The van der Waals surface area contributed by atoms with Crippen molar-refractivity contribution in [2.45, 2.75) is 51.1 Å². The minimum atomic E-state index is -3.07. The summed E-state index contributed by atoms with van der Waals surface area (Å²) in [4.78, 5) is 38.5. The van der Waals surface area contributed by atoms with Crippen molar-refractivity contribution in [2.75, 3.05) is 6.61 Å². The predicted molar refractivity (Wildman–Crippen MR) is 84.8 cm³/mol. The van der Waals surface area contributed by atoms with Crippen molar-refractivity contribution in [2.24, 2.45) is 5.92 Å². The van der Waals surface area contributed by atoms with E-state index in [4.69, 9.17) is 4.74 Å². The number of ether oxygens (including phenoxy) is 1. The summed E-state index contributed by atoms with van der Waals surface area (Å²) in [7, 11) is 0. The quantitative estimate of drug-likeness (QED) is 0.675. The largest absolute Gasteiger partial charge is 0.444 e. The second-order valence-electron chi connectivity index (χ2n) is 6.97. The third-order valence-corrected chi connectivity index (χ3v) is 4.00. The number of hydrogen-bond acceptors (Lipinski definition) is 6. The average molecular weight is 377 g/mol. The molecule has 26 heavy (non-hydrogen) atoms. The molecule has 1 aliphatic heterocycles. The molecular formula is C15H21F2N3O6. The van der Waals surface area contributed by atoms with Crippen molar-refractivity contribution >= 4 is 6.09 Å². The van der Waals surface area contributed by atoms with Crippen molar-refractivity contribution in [1.29, 1.82) is 0 Å². The number of halogens is 2. The number of H-pyrrole nitrogens is 1. The van der Waals surface area contributed by atoms with E-state index in [2.05, 4.69) is 0 Å². The normalized spacial score (nSPS) is 26.4. The Balaban J connectivity index is 2.58. The lowest BCUT2D eigenvalue weighted by atomic mass is 9.98. The number of aromatic amines is 1. The van der Waals surface area contributed by atoms with Crippen LogP contribution in [0.1, 0.15) is 26.9 Å². The number of rotatable bonds is 3. The summed E-state index contributed by atoms with van der Waals surface area (Å²) < 4.78 is 32.9. The van der Waals surface area contributed by atoms with Crippen LogP contribution >= 0.6 is 0 Å². The summed E-state index contributed by atoms with van der Waals surface area (Å²) in [5.41, 5.74) is -2.71. The third kappa shape index (κ3) is 3.78. The molecule has 0 saturated carbocycles. The number of likely N-dealkylation sites (tertiary alicyclic amines) is 1. The number of nitrogens with zero attached hydrogens (tertiary/aromatic N) is 2. The molecule has 1 saturated heterocycles. The van der Waals surface area contributed by atoms with Crippen molar-refractivity contribution in [1.82, 2.24) is 14.5 Å².